The summed E-state index contributed by atoms with van der Waals surface area (Å²) in [5, 5.41) is 8.62. The number of piperazine rings is 1. The molecule has 5 heteroatoms. The predicted octanol–water partition coefficient (Wildman–Crippen LogP) is 0.872. The fourth-order valence-electron chi connectivity index (χ4n) is 2.07. The number of furan rings is 1. The van der Waals surface area contributed by atoms with E-state index in [1.165, 1.54) is 5.56 Å². The lowest BCUT2D eigenvalue weighted by Gasteiger charge is -2.34. The summed E-state index contributed by atoms with van der Waals surface area (Å²) in [6.07, 6.45) is 3.71. The molecule has 0 amide bonds. The topological polar surface area (TPSA) is 56.9 Å². The van der Waals surface area contributed by atoms with Crippen molar-refractivity contribution in [2.45, 2.75) is 13.0 Å². The van der Waals surface area contributed by atoms with E-state index in [1.807, 2.05) is 6.07 Å². The summed E-state index contributed by atoms with van der Waals surface area (Å²) in [4.78, 5) is 15.0. The number of carbonyl (C=O) groups is 1. The minimum absolute atomic E-state index is 0.238. The van der Waals surface area contributed by atoms with Crippen LogP contribution in [-0.4, -0.2) is 53.6 Å². The Balaban J connectivity index is 1.69. The van der Waals surface area contributed by atoms with Crippen LogP contribution in [0, 0.1) is 0 Å². The molecule has 1 aromatic rings. The van der Waals surface area contributed by atoms with Crippen molar-refractivity contribution < 1.29 is 14.3 Å². The first-order chi connectivity index (χ1) is 8.24. The smallest absolute Gasteiger partial charge is 0.304 e. The normalized spacial score (nSPS) is 18.4. The third kappa shape index (κ3) is 3.87. The molecule has 0 bridgehead atoms. The van der Waals surface area contributed by atoms with Gasteiger partial charge in [0.05, 0.1) is 18.9 Å². The molecule has 1 fully saturated rings. The van der Waals surface area contributed by atoms with Crippen LogP contribution >= 0.6 is 0 Å². The molecule has 1 aliphatic rings. The predicted molar refractivity (Wildman–Crippen MR) is 62.7 cm³/mol. The second-order valence-electron chi connectivity index (χ2n) is 4.39. The molecule has 17 heavy (non-hydrogen) atoms. The Morgan fingerprint density at radius 3 is 2.59 bits per heavy atom. The molecule has 2 rings (SSSR count). The van der Waals surface area contributed by atoms with Gasteiger partial charge in [0.1, 0.15) is 0 Å². The van der Waals surface area contributed by atoms with Crippen LogP contribution in [0.15, 0.2) is 23.0 Å². The highest BCUT2D eigenvalue weighted by atomic mass is 16.4. The van der Waals surface area contributed by atoms with Gasteiger partial charge in [0.15, 0.2) is 0 Å². The molecule has 1 aromatic heterocycles. The third-order valence-corrected chi connectivity index (χ3v) is 3.09. The van der Waals surface area contributed by atoms with Crippen molar-refractivity contribution in [1.29, 1.82) is 0 Å². The number of carboxylic acids is 1. The molecular formula is C12H18N2O3. The summed E-state index contributed by atoms with van der Waals surface area (Å²) in [5.74, 6) is -0.717. The highest BCUT2D eigenvalue weighted by molar-refractivity contribution is 5.66. The lowest BCUT2D eigenvalue weighted by atomic mass is 10.2. The lowest BCUT2D eigenvalue weighted by Crippen LogP contribution is -2.46. The van der Waals surface area contributed by atoms with Crippen molar-refractivity contribution in [3.05, 3.63) is 24.2 Å². The zero-order chi connectivity index (χ0) is 12.1. The van der Waals surface area contributed by atoms with Gasteiger partial charge in [-0.3, -0.25) is 9.69 Å². The van der Waals surface area contributed by atoms with E-state index < -0.39 is 5.97 Å². The summed E-state index contributed by atoms with van der Waals surface area (Å²) < 4.78 is 5.04. The fraction of sp³-hybridized carbons (Fsp3) is 0.583. The first kappa shape index (κ1) is 12.1. The number of carboxylic acid groups (broad SMARTS) is 1. The highest BCUT2D eigenvalue weighted by Gasteiger charge is 2.17. The van der Waals surface area contributed by atoms with Crippen molar-refractivity contribution >= 4 is 5.97 Å². The van der Waals surface area contributed by atoms with Gasteiger partial charge in [-0.1, -0.05) is 0 Å². The van der Waals surface area contributed by atoms with Crippen LogP contribution in [-0.2, 0) is 11.3 Å². The van der Waals surface area contributed by atoms with Gasteiger partial charge in [-0.15, -0.1) is 0 Å². The molecule has 5 nitrogen and oxygen atoms in total. The van der Waals surface area contributed by atoms with Crippen molar-refractivity contribution in [3.63, 3.8) is 0 Å². The largest absolute Gasteiger partial charge is 0.481 e. The molecule has 0 atom stereocenters. The van der Waals surface area contributed by atoms with E-state index in [9.17, 15) is 4.79 Å². The van der Waals surface area contributed by atoms with Gasteiger partial charge < -0.3 is 14.4 Å². The zero-order valence-electron chi connectivity index (χ0n) is 9.84. The van der Waals surface area contributed by atoms with Gasteiger partial charge in [0, 0.05) is 44.8 Å². The van der Waals surface area contributed by atoms with E-state index in [-0.39, 0.29) is 6.42 Å². The van der Waals surface area contributed by atoms with Crippen molar-refractivity contribution in [1.82, 2.24) is 9.80 Å². The average molecular weight is 238 g/mol. The van der Waals surface area contributed by atoms with Gasteiger partial charge in [-0.05, 0) is 6.07 Å². The van der Waals surface area contributed by atoms with E-state index in [2.05, 4.69) is 9.80 Å². The summed E-state index contributed by atoms with van der Waals surface area (Å²) in [5.41, 5.74) is 1.20. The first-order valence-electron chi connectivity index (χ1n) is 5.91. The molecule has 2 heterocycles. The number of nitrogens with zero attached hydrogens (tertiary/aromatic N) is 2. The molecule has 94 valence electrons. The van der Waals surface area contributed by atoms with E-state index in [1.54, 1.807) is 12.5 Å². The van der Waals surface area contributed by atoms with Gasteiger partial charge in [0.25, 0.3) is 0 Å². The Hall–Kier alpha value is -1.33. The van der Waals surface area contributed by atoms with Crippen molar-refractivity contribution in [3.8, 4) is 0 Å². The monoisotopic (exact) mass is 238 g/mol. The Kier molecular flexibility index (Phi) is 4.17. The van der Waals surface area contributed by atoms with E-state index in [0.717, 1.165) is 32.7 Å². The maximum Gasteiger partial charge on any atom is 0.304 e. The van der Waals surface area contributed by atoms with Crippen LogP contribution < -0.4 is 0 Å². The highest BCUT2D eigenvalue weighted by Crippen LogP contribution is 2.09. The van der Waals surface area contributed by atoms with Crippen molar-refractivity contribution in [2.24, 2.45) is 0 Å². The van der Waals surface area contributed by atoms with Crippen LogP contribution in [0.1, 0.15) is 12.0 Å². The summed E-state index contributed by atoms with van der Waals surface area (Å²) in [6, 6.07) is 1.98. The zero-order valence-corrected chi connectivity index (χ0v) is 9.84. The molecule has 0 aromatic carbocycles. The van der Waals surface area contributed by atoms with Gasteiger partial charge >= 0.3 is 5.97 Å². The number of aliphatic carboxylic acids is 1. The molecule has 1 saturated heterocycles. The average Bonchev–Trinajstić information content (AvgIpc) is 2.81. The van der Waals surface area contributed by atoms with Crippen LogP contribution in [0.25, 0.3) is 0 Å². The molecule has 1 N–H and O–H groups in total. The Morgan fingerprint density at radius 2 is 2.00 bits per heavy atom. The minimum Gasteiger partial charge on any atom is -0.481 e. The van der Waals surface area contributed by atoms with Gasteiger partial charge in [0.2, 0.25) is 0 Å². The second-order valence-corrected chi connectivity index (χ2v) is 4.39. The quantitative estimate of drug-likeness (QED) is 0.825. The fourth-order valence-corrected chi connectivity index (χ4v) is 2.07. The van der Waals surface area contributed by atoms with Crippen molar-refractivity contribution in [2.75, 3.05) is 32.7 Å². The Bertz CT molecular complexity index is 343. The maximum absolute atomic E-state index is 10.5. The molecule has 0 radical (unpaired) electrons. The first-order valence-corrected chi connectivity index (χ1v) is 5.91. The van der Waals surface area contributed by atoms with E-state index in [0.29, 0.717) is 6.54 Å². The summed E-state index contributed by atoms with van der Waals surface area (Å²) >= 11 is 0. The van der Waals surface area contributed by atoms with Gasteiger partial charge in [-0.25, -0.2) is 0 Å². The molecule has 0 spiro atoms. The molecule has 0 unspecified atom stereocenters. The van der Waals surface area contributed by atoms with Crippen LogP contribution in [0.2, 0.25) is 0 Å². The van der Waals surface area contributed by atoms with Gasteiger partial charge in [-0.2, -0.15) is 0 Å². The Labute approximate surface area is 101 Å². The van der Waals surface area contributed by atoms with E-state index >= 15 is 0 Å². The maximum atomic E-state index is 10.5. The SMILES string of the molecule is O=C(O)CCN1CCN(Cc2ccoc2)CC1. The summed E-state index contributed by atoms with van der Waals surface area (Å²) in [7, 11) is 0. The second kappa shape index (κ2) is 5.84. The Morgan fingerprint density at radius 1 is 1.29 bits per heavy atom. The minimum atomic E-state index is -0.717. The van der Waals surface area contributed by atoms with Crippen LogP contribution in [0.3, 0.4) is 0 Å². The molecule has 0 aliphatic carbocycles. The van der Waals surface area contributed by atoms with Crippen LogP contribution in [0.4, 0.5) is 0 Å². The van der Waals surface area contributed by atoms with E-state index in [4.69, 9.17) is 9.52 Å². The molecule has 1 aliphatic heterocycles. The number of hydrogen-bond donors (Lipinski definition) is 1. The number of hydrogen-bond acceptors (Lipinski definition) is 4. The third-order valence-electron chi connectivity index (χ3n) is 3.09. The number of rotatable bonds is 5. The summed E-state index contributed by atoms with van der Waals surface area (Å²) in [6.45, 7) is 5.46. The standard InChI is InChI=1S/C12H18N2O3/c15-12(16)1-3-13-4-6-14(7-5-13)9-11-2-8-17-10-11/h2,8,10H,1,3-7,9H2,(H,15,16). The molecular weight excluding hydrogens is 220 g/mol. The van der Waals surface area contributed by atoms with Crippen LogP contribution in [0.5, 0.6) is 0 Å². The lowest BCUT2D eigenvalue weighted by molar-refractivity contribution is -0.137. The molecule has 0 saturated carbocycles.